The molecule has 0 aliphatic rings. The molecule has 0 saturated carbocycles. The molecule has 0 fully saturated rings. The summed E-state index contributed by atoms with van der Waals surface area (Å²) in [5.74, 6) is -0.674. The van der Waals surface area contributed by atoms with Gasteiger partial charge in [0.15, 0.2) is 17.3 Å². The summed E-state index contributed by atoms with van der Waals surface area (Å²) in [5, 5.41) is 0.383. The van der Waals surface area contributed by atoms with Gasteiger partial charge in [0.05, 0.1) is 19.8 Å². The molecule has 0 heterocycles. The number of halogens is 3. The van der Waals surface area contributed by atoms with E-state index in [1.54, 1.807) is 12.1 Å². The van der Waals surface area contributed by atoms with Crippen LogP contribution in [0, 0.1) is 5.82 Å². The molecule has 6 heteroatoms. The van der Waals surface area contributed by atoms with Gasteiger partial charge in [-0.2, -0.15) is 0 Å². The lowest BCUT2D eigenvalue weighted by Crippen LogP contribution is -2.06. The maximum atomic E-state index is 14.1. The summed E-state index contributed by atoms with van der Waals surface area (Å²) in [4.78, 5) is 12.4. The Bertz CT molecular complexity index is 683. The van der Waals surface area contributed by atoms with Crippen molar-refractivity contribution in [2.45, 2.75) is 0 Å². The van der Waals surface area contributed by atoms with Crippen molar-refractivity contribution >= 4 is 33.3 Å². The van der Waals surface area contributed by atoms with Crippen molar-refractivity contribution in [3.8, 4) is 11.5 Å². The van der Waals surface area contributed by atoms with Crippen LogP contribution in [-0.4, -0.2) is 20.0 Å². The first kappa shape index (κ1) is 15.8. The minimum Gasteiger partial charge on any atom is -0.493 e. The summed E-state index contributed by atoms with van der Waals surface area (Å²) < 4.78 is 24.8. The molecule has 2 rings (SSSR count). The van der Waals surface area contributed by atoms with E-state index in [1.807, 2.05) is 0 Å². The van der Waals surface area contributed by atoms with Crippen LogP contribution in [0.2, 0.25) is 5.02 Å². The van der Waals surface area contributed by atoms with E-state index in [9.17, 15) is 9.18 Å². The third-order valence-corrected chi connectivity index (χ3v) is 3.52. The van der Waals surface area contributed by atoms with E-state index in [0.29, 0.717) is 9.50 Å². The van der Waals surface area contributed by atoms with E-state index >= 15 is 0 Å². The lowest BCUT2D eigenvalue weighted by Gasteiger charge is -2.10. The fraction of sp³-hybridized carbons (Fsp3) is 0.133. The Morgan fingerprint density at radius 3 is 2.29 bits per heavy atom. The van der Waals surface area contributed by atoms with Crippen LogP contribution in [0.3, 0.4) is 0 Å². The van der Waals surface area contributed by atoms with Gasteiger partial charge in [-0.1, -0.05) is 27.5 Å². The molecule has 3 nitrogen and oxygen atoms in total. The number of hydrogen-bond acceptors (Lipinski definition) is 3. The molecule has 0 atom stereocenters. The van der Waals surface area contributed by atoms with Crippen LogP contribution in [0.5, 0.6) is 11.5 Å². The summed E-state index contributed by atoms with van der Waals surface area (Å²) in [6.07, 6.45) is 0. The van der Waals surface area contributed by atoms with Gasteiger partial charge in [0, 0.05) is 21.1 Å². The van der Waals surface area contributed by atoms with Crippen molar-refractivity contribution < 1.29 is 18.7 Å². The number of carbonyl (C=O) groups is 1. The van der Waals surface area contributed by atoms with E-state index in [4.69, 9.17) is 21.1 Å². The summed E-state index contributed by atoms with van der Waals surface area (Å²) in [7, 11) is 2.81. The van der Waals surface area contributed by atoms with E-state index in [0.717, 1.165) is 6.07 Å². The molecule has 0 saturated heterocycles. The van der Waals surface area contributed by atoms with Crippen molar-refractivity contribution in [2.24, 2.45) is 0 Å². The third kappa shape index (κ3) is 3.36. The minimum absolute atomic E-state index is 0.109. The number of ketones is 1. The molecular weight excluding hydrogens is 363 g/mol. The topological polar surface area (TPSA) is 35.5 Å². The van der Waals surface area contributed by atoms with Crippen LogP contribution in [-0.2, 0) is 0 Å². The first-order valence-electron chi connectivity index (χ1n) is 5.88. The molecule has 0 spiro atoms. The van der Waals surface area contributed by atoms with Gasteiger partial charge in [-0.25, -0.2) is 4.39 Å². The number of ether oxygens (including phenoxy) is 2. The lowest BCUT2D eigenvalue weighted by atomic mass is 10.0. The predicted octanol–water partition coefficient (Wildman–Crippen LogP) is 4.49. The zero-order valence-electron chi connectivity index (χ0n) is 11.2. The lowest BCUT2D eigenvalue weighted by molar-refractivity contribution is 0.103. The summed E-state index contributed by atoms with van der Waals surface area (Å²) in [6, 6.07) is 7.12. The third-order valence-electron chi connectivity index (χ3n) is 2.84. The van der Waals surface area contributed by atoms with Crippen LogP contribution in [0.4, 0.5) is 4.39 Å². The molecule has 0 aliphatic heterocycles. The van der Waals surface area contributed by atoms with E-state index < -0.39 is 11.6 Å². The van der Waals surface area contributed by atoms with Gasteiger partial charge < -0.3 is 9.47 Å². The smallest absolute Gasteiger partial charge is 0.196 e. The molecule has 0 aliphatic carbocycles. The van der Waals surface area contributed by atoms with Gasteiger partial charge in [-0.15, -0.1) is 0 Å². The fourth-order valence-corrected chi connectivity index (χ4v) is 2.73. The molecule has 0 N–H and O–H groups in total. The Balaban J connectivity index is 2.52. The highest BCUT2D eigenvalue weighted by Gasteiger charge is 2.19. The highest BCUT2D eigenvalue weighted by molar-refractivity contribution is 9.10. The average molecular weight is 374 g/mol. The molecule has 2 aromatic rings. The largest absolute Gasteiger partial charge is 0.493 e. The van der Waals surface area contributed by atoms with Crippen molar-refractivity contribution in [2.75, 3.05) is 14.2 Å². The Hall–Kier alpha value is -1.59. The zero-order valence-corrected chi connectivity index (χ0v) is 13.6. The van der Waals surface area contributed by atoms with Crippen LogP contribution in [0.1, 0.15) is 15.9 Å². The second-order valence-electron chi connectivity index (χ2n) is 4.17. The Labute approximate surface area is 134 Å². The van der Waals surface area contributed by atoms with Gasteiger partial charge in [0.2, 0.25) is 0 Å². The number of benzene rings is 2. The second-order valence-corrected chi connectivity index (χ2v) is 5.53. The van der Waals surface area contributed by atoms with E-state index in [2.05, 4.69) is 15.9 Å². The highest BCUT2D eigenvalue weighted by atomic mass is 79.9. The van der Waals surface area contributed by atoms with Crippen LogP contribution < -0.4 is 9.47 Å². The fourth-order valence-electron chi connectivity index (χ4n) is 1.87. The molecule has 0 aromatic heterocycles. The SMILES string of the molecule is COc1cc(F)c(C(=O)c2cc(Cl)cc(Br)c2)cc1OC. The monoisotopic (exact) mass is 372 g/mol. The van der Waals surface area contributed by atoms with Crippen molar-refractivity contribution in [1.82, 2.24) is 0 Å². The first-order valence-corrected chi connectivity index (χ1v) is 7.05. The molecule has 0 unspecified atom stereocenters. The van der Waals surface area contributed by atoms with Crippen LogP contribution in [0.15, 0.2) is 34.8 Å². The van der Waals surface area contributed by atoms with Gasteiger partial charge in [-0.05, 0) is 24.3 Å². The minimum atomic E-state index is -0.686. The quantitative estimate of drug-likeness (QED) is 0.741. The number of carbonyl (C=O) groups excluding carboxylic acids is 1. The standard InChI is InChI=1S/C15H11BrClFO3/c1-20-13-6-11(12(18)7-14(13)21-2)15(19)8-3-9(16)5-10(17)4-8/h3-7H,1-2H3. The Morgan fingerprint density at radius 1 is 1.10 bits per heavy atom. The number of hydrogen-bond donors (Lipinski definition) is 0. The Morgan fingerprint density at radius 2 is 1.71 bits per heavy atom. The maximum Gasteiger partial charge on any atom is 0.196 e. The van der Waals surface area contributed by atoms with Gasteiger partial charge in [0.1, 0.15) is 5.82 Å². The predicted molar refractivity (Wildman–Crippen MR) is 82.1 cm³/mol. The van der Waals surface area contributed by atoms with Crippen molar-refractivity contribution in [3.63, 3.8) is 0 Å². The van der Waals surface area contributed by atoms with Crippen molar-refractivity contribution in [1.29, 1.82) is 0 Å². The van der Waals surface area contributed by atoms with Gasteiger partial charge in [0.25, 0.3) is 0 Å². The average Bonchev–Trinajstić information content (AvgIpc) is 2.45. The molecule has 21 heavy (non-hydrogen) atoms. The Kier molecular flexibility index (Phi) is 4.85. The first-order chi connectivity index (χ1) is 9.96. The highest BCUT2D eigenvalue weighted by Crippen LogP contribution is 2.31. The summed E-state index contributed by atoms with van der Waals surface area (Å²) >= 11 is 9.16. The van der Waals surface area contributed by atoms with E-state index in [1.165, 1.54) is 26.4 Å². The molecular formula is C15H11BrClFO3. The van der Waals surface area contributed by atoms with E-state index in [-0.39, 0.29) is 22.6 Å². The van der Waals surface area contributed by atoms with Crippen LogP contribution >= 0.6 is 27.5 Å². The van der Waals surface area contributed by atoms with Crippen LogP contribution in [0.25, 0.3) is 0 Å². The molecule has 0 bridgehead atoms. The molecule has 110 valence electrons. The molecule has 2 aromatic carbocycles. The zero-order chi connectivity index (χ0) is 15.6. The van der Waals surface area contributed by atoms with Gasteiger partial charge in [-0.3, -0.25) is 4.79 Å². The van der Waals surface area contributed by atoms with Crippen molar-refractivity contribution in [3.05, 3.63) is 56.8 Å². The second kappa shape index (κ2) is 6.45. The van der Waals surface area contributed by atoms with Gasteiger partial charge >= 0.3 is 0 Å². The molecule has 0 amide bonds. The normalized spacial score (nSPS) is 10.3. The summed E-state index contributed by atoms with van der Waals surface area (Å²) in [6.45, 7) is 0. The summed E-state index contributed by atoms with van der Waals surface area (Å²) in [5.41, 5.74) is 0.169. The molecule has 0 radical (unpaired) electrons. The maximum absolute atomic E-state index is 14.1. The number of rotatable bonds is 4. The number of methoxy groups -OCH3 is 2.